The quantitative estimate of drug-likeness (QED) is 0.795. The Kier molecular flexibility index (Phi) is 6.34. The number of para-hydroxylation sites is 1. The van der Waals surface area contributed by atoms with Gasteiger partial charge in [0.25, 0.3) is 5.91 Å². The molecule has 4 rings (SSSR count). The molecule has 2 aliphatic rings. The molecule has 8 heteroatoms. The highest BCUT2D eigenvalue weighted by Gasteiger charge is 2.32. The predicted molar refractivity (Wildman–Crippen MR) is 117 cm³/mol. The fourth-order valence-electron chi connectivity index (χ4n) is 4.32. The van der Waals surface area contributed by atoms with Crippen molar-refractivity contribution in [2.24, 2.45) is 0 Å². The fraction of sp³-hybridized carbons (Fsp3) is 0.478. The Hall–Kier alpha value is -3.16. The number of carbonyl (C=O) groups excluding carboxylic acids is 2. The highest BCUT2D eigenvalue weighted by atomic mass is 16.5. The van der Waals surface area contributed by atoms with Crippen molar-refractivity contribution in [2.75, 3.05) is 32.1 Å². The number of benzene rings is 1. The minimum absolute atomic E-state index is 0.0115. The summed E-state index contributed by atoms with van der Waals surface area (Å²) in [5.41, 5.74) is 1.93. The molecule has 1 aromatic heterocycles. The van der Waals surface area contributed by atoms with Crippen LogP contribution in [0.2, 0.25) is 0 Å². The molecule has 2 aliphatic heterocycles. The van der Waals surface area contributed by atoms with Crippen LogP contribution in [0.4, 0.5) is 5.82 Å². The van der Waals surface area contributed by atoms with Crippen molar-refractivity contribution in [3.63, 3.8) is 0 Å². The lowest BCUT2D eigenvalue weighted by Gasteiger charge is -2.36. The molecule has 0 aliphatic carbocycles. The van der Waals surface area contributed by atoms with Crippen molar-refractivity contribution < 1.29 is 14.3 Å². The first kappa shape index (κ1) is 21.1. The Morgan fingerprint density at radius 3 is 2.71 bits per heavy atom. The molecule has 2 amide bonds. The summed E-state index contributed by atoms with van der Waals surface area (Å²) < 4.78 is 5.69. The zero-order chi connectivity index (χ0) is 21.8. The second kappa shape index (κ2) is 9.32. The number of amides is 2. The standard InChI is InChI=1S/C23H29N5O3/c1-16(29)27-13-11-18-19(14-27)25-23(26-22(18)24-2)20-10-6-7-12-28(20)21(30)15-31-17-8-4-3-5-9-17/h3-5,8-9,20H,6-7,10-15H2,1-2H3,(H,24,25,26). The molecule has 1 fully saturated rings. The first-order chi connectivity index (χ1) is 15.1. The average molecular weight is 424 g/mol. The van der Waals surface area contributed by atoms with Gasteiger partial charge in [-0.15, -0.1) is 0 Å². The van der Waals surface area contributed by atoms with Crippen molar-refractivity contribution in [1.29, 1.82) is 0 Å². The van der Waals surface area contributed by atoms with Gasteiger partial charge in [-0.05, 0) is 37.8 Å². The molecular formula is C23H29N5O3. The summed E-state index contributed by atoms with van der Waals surface area (Å²) in [6.07, 6.45) is 3.51. The highest BCUT2D eigenvalue weighted by Crippen LogP contribution is 2.32. The Bertz CT molecular complexity index is 950. The molecule has 1 aromatic carbocycles. The van der Waals surface area contributed by atoms with E-state index in [1.165, 1.54) is 0 Å². The molecular weight excluding hydrogens is 394 g/mol. The number of hydrogen-bond donors (Lipinski definition) is 1. The lowest BCUT2D eigenvalue weighted by Crippen LogP contribution is -2.42. The average Bonchev–Trinajstić information content (AvgIpc) is 2.82. The number of hydrogen-bond acceptors (Lipinski definition) is 6. The molecule has 31 heavy (non-hydrogen) atoms. The number of rotatable bonds is 5. The third-order valence-corrected chi connectivity index (χ3v) is 5.99. The van der Waals surface area contributed by atoms with E-state index in [1.807, 2.05) is 42.3 Å². The van der Waals surface area contributed by atoms with Crippen molar-refractivity contribution >= 4 is 17.6 Å². The van der Waals surface area contributed by atoms with Gasteiger partial charge in [0.1, 0.15) is 11.6 Å². The van der Waals surface area contributed by atoms with E-state index in [0.29, 0.717) is 31.2 Å². The summed E-state index contributed by atoms with van der Waals surface area (Å²) in [6.45, 7) is 3.39. The van der Waals surface area contributed by atoms with E-state index < -0.39 is 0 Å². The van der Waals surface area contributed by atoms with Gasteiger partial charge in [0.05, 0.1) is 18.3 Å². The minimum atomic E-state index is -0.189. The summed E-state index contributed by atoms with van der Waals surface area (Å²) in [5.74, 6) is 2.09. The van der Waals surface area contributed by atoms with Gasteiger partial charge in [-0.2, -0.15) is 0 Å². The molecule has 0 bridgehead atoms. The monoisotopic (exact) mass is 423 g/mol. The first-order valence-electron chi connectivity index (χ1n) is 10.9. The van der Waals surface area contributed by atoms with Gasteiger partial charge in [-0.3, -0.25) is 9.59 Å². The van der Waals surface area contributed by atoms with Crippen LogP contribution >= 0.6 is 0 Å². The number of aromatic nitrogens is 2. The normalized spacial score (nSPS) is 18.3. The van der Waals surface area contributed by atoms with Crippen molar-refractivity contribution in [3.8, 4) is 5.75 Å². The Morgan fingerprint density at radius 1 is 1.16 bits per heavy atom. The van der Waals surface area contributed by atoms with Gasteiger partial charge in [0.15, 0.2) is 12.4 Å². The van der Waals surface area contributed by atoms with Gasteiger partial charge >= 0.3 is 0 Å². The molecule has 0 spiro atoms. The maximum absolute atomic E-state index is 13.0. The molecule has 8 nitrogen and oxygen atoms in total. The summed E-state index contributed by atoms with van der Waals surface area (Å²) in [5, 5.41) is 3.19. The molecule has 1 saturated heterocycles. The van der Waals surface area contributed by atoms with Gasteiger partial charge in [-0.25, -0.2) is 9.97 Å². The second-order valence-electron chi connectivity index (χ2n) is 8.00. The van der Waals surface area contributed by atoms with Crippen LogP contribution in [0.5, 0.6) is 5.75 Å². The van der Waals surface area contributed by atoms with Crippen LogP contribution < -0.4 is 10.1 Å². The number of fused-ring (bicyclic) bond motifs is 1. The number of likely N-dealkylation sites (tertiary alicyclic amines) is 1. The van der Waals surface area contributed by atoms with Crippen molar-refractivity contribution in [3.05, 3.63) is 47.4 Å². The SMILES string of the molecule is CNc1nc(C2CCCCN2C(=O)COc2ccccc2)nc2c1CCN(C(C)=O)C2. The fourth-order valence-corrected chi connectivity index (χ4v) is 4.32. The van der Waals surface area contributed by atoms with Crippen LogP contribution in [0.15, 0.2) is 30.3 Å². The molecule has 1 atom stereocenters. The van der Waals surface area contributed by atoms with Gasteiger partial charge in [0, 0.05) is 32.6 Å². The number of carbonyl (C=O) groups is 2. The Balaban J connectivity index is 1.56. The molecule has 1 N–H and O–H groups in total. The van der Waals surface area contributed by atoms with Crippen LogP contribution in [0, 0.1) is 0 Å². The highest BCUT2D eigenvalue weighted by molar-refractivity contribution is 5.78. The van der Waals surface area contributed by atoms with E-state index in [1.54, 1.807) is 11.8 Å². The van der Waals surface area contributed by atoms with E-state index in [9.17, 15) is 9.59 Å². The van der Waals surface area contributed by atoms with Crippen LogP contribution in [0.3, 0.4) is 0 Å². The van der Waals surface area contributed by atoms with Crippen LogP contribution in [0.25, 0.3) is 0 Å². The molecule has 3 heterocycles. The third kappa shape index (κ3) is 4.62. The Morgan fingerprint density at radius 2 is 1.97 bits per heavy atom. The van der Waals surface area contributed by atoms with E-state index >= 15 is 0 Å². The van der Waals surface area contributed by atoms with E-state index in [4.69, 9.17) is 14.7 Å². The zero-order valence-electron chi connectivity index (χ0n) is 18.1. The van der Waals surface area contributed by atoms with Crippen LogP contribution in [-0.4, -0.2) is 58.3 Å². The van der Waals surface area contributed by atoms with Crippen molar-refractivity contribution in [1.82, 2.24) is 19.8 Å². The largest absolute Gasteiger partial charge is 0.484 e. The summed E-state index contributed by atoms with van der Waals surface area (Å²) in [4.78, 5) is 38.2. The van der Waals surface area contributed by atoms with Gasteiger partial charge in [-0.1, -0.05) is 18.2 Å². The van der Waals surface area contributed by atoms with Crippen molar-refractivity contribution in [2.45, 2.75) is 45.2 Å². The van der Waals surface area contributed by atoms with E-state index in [2.05, 4.69) is 5.32 Å². The third-order valence-electron chi connectivity index (χ3n) is 5.99. The Labute approximate surface area is 182 Å². The molecule has 0 radical (unpaired) electrons. The molecule has 0 saturated carbocycles. The summed E-state index contributed by atoms with van der Waals surface area (Å²) >= 11 is 0. The number of anilines is 1. The van der Waals surface area contributed by atoms with Crippen LogP contribution in [-0.2, 0) is 22.6 Å². The number of nitrogens with one attached hydrogen (secondary N) is 1. The molecule has 164 valence electrons. The smallest absolute Gasteiger partial charge is 0.261 e. The van der Waals surface area contributed by atoms with E-state index in [0.717, 1.165) is 42.8 Å². The number of ether oxygens (including phenoxy) is 1. The predicted octanol–water partition coefficient (Wildman–Crippen LogP) is 2.56. The lowest BCUT2D eigenvalue weighted by molar-refractivity contribution is -0.137. The van der Waals surface area contributed by atoms with E-state index in [-0.39, 0.29) is 24.5 Å². The number of piperidine rings is 1. The van der Waals surface area contributed by atoms with Gasteiger partial charge in [0.2, 0.25) is 5.91 Å². The number of nitrogens with zero attached hydrogens (tertiary/aromatic N) is 4. The molecule has 2 aromatic rings. The second-order valence-corrected chi connectivity index (χ2v) is 8.00. The maximum atomic E-state index is 13.0. The van der Waals surface area contributed by atoms with Crippen LogP contribution in [0.1, 0.15) is 49.3 Å². The zero-order valence-corrected chi connectivity index (χ0v) is 18.1. The summed E-state index contributed by atoms with van der Waals surface area (Å²) in [6, 6.07) is 9.17. The summed E-state index contributed by atoms with van der Waals surface area (Å²) in [7, 11) is 1.85. The first-order valence-corrected chi connectivity index (χ1v) is 10.9. The minimum Gasteiger partial charge on any atom is -0.484 e. The lowest BCUT2D eigenvalue weighted by atomic mass is 9.99. The van der Waals surface area contributed by atoms with Gasteiger partial charge < -0.3 is 19.9 Å². The topological polar surface area (TPSA) is 87.7 Å². The maximum Gasteiger partial charge on any atom is 0.261 e. The molecule has 1 unspecified atom stereocenters.